The van der Waals surface area contributed by atoms with Crippen LogP contribution in [0.3, 0.4) is 0 Å². The third-order valence-electron chi connectivity index (χ3n) is 2.20. The van der Waals surface area contributed by atoms with Gasteiger partial charge in [0.1, 0.15) is 0 Å². The van der Waals surface area contributed by atoms with Crippen molar-refractivity contribution in [3.8, 4) is 0 Å². The lowest BCUT2D eigenvalue weighted by molar-refractivity contribution is -0.200. The van der Waals surface area contributed by atoms with Gasteiger partial charge in [0.15, 0.2) is 14.4 Å². The summed E-state index contributed by atoms with van der Waals surface area (Å²) in [5.41, 5.74) is -5.05. The van der Waals surface area contributed by atoms with E-state index >= 15 is 0 Å². The van der Waals surface area contributed by atoms with E-state index < -0.39 is 48.3 Å². The molecule has 1 aromatic rings. The molecule has 10 heteroatoms. The van der Waals surface area contributed by atoms with Gasteiger partial charge in [-0.05, 0) is 55.2 Å². The average molecular weight is 383 g/mol. The molecule has 0 spiro atoms. The smallest absolute Gasteiger partial charge is 0.403 e. The molecular weight excluding hydrogens is 370 g/mol. The van der Waals surface area contributed by atoms with Crippen LogP contribution in [0.4, 0.5) is 26.3 Å². The van der Waals surface area contributed by atoms with E-state index in [1.54, 1.807) is 19.6 Å². The maximum atomic E-state index is 13.2. The quantitative estimate of drug-likeness (QED) is 0.338. The molecule has 0 aliphatic heterocycles. The second kappa shape index (κ2) is 6.62. The number of benzene rings is 1. The Balaban J connectivity index is 3.25. The molecule has 0 saturated heterocycles. The molecule has 1 unspecified atom stereocenters. The van der Waals surface area contributed by atoms with Crippen LogP contribution in [0, 0.1) is 0 Å². The molecule has 0 amide bonds. The van der Waals surface area contributed by atoms with Crippen molar-refractivity contribution in [2.45, 2.75) is 42.3 Å². The molecule has 0 aliphatic rings. The minimum Gasteiger partial charge on any atom is -0.403 e. The summed E-state index contributed by atoms with van der Waals surface area (Å²) in [5.74, 6) is 0. The van der Waals surface area contributed by atoms with Gasteiger partial charge in [0.05, 0.1) is 0 Å². The molecular formula is C12H13ClF6OSSi. The lowest BCUT2D eigenvalue weighted by Gasteiger charge is -2.28. The molecule has 1 nitrogen and oxygen atoms in total. The van der Waals surface area contributed by atoms with Gasteiger partial charge in [-0.3, -0.25) is 0 Å². The second-order valence-electron chi connectivity index (χ2n) is 5.42. The summed E-state index contributed by atoms with van der Waals surface area (Å²) in [6, 6.07) is 2.74. The molecule has 0 N–H and O–H groups in total. The van der Waals surface area contributed by atoms with Crippen LogP contribution >= 0.6 is 23.4 Å². The van der Waals surface area contributed by atoms with Crippen molar-refractivity contribution in [3.63, 3.8) is 0 Å². The lowest BCUT2D eigenvalue weighted by atomic mass is 10.1. The molecule has 0 aliphatic carbocycles. The molecule has 0 fully saturated rings. The maximum Gasteiger partial charge on any atom is 0.446 e. The molecule has 0 aromatic heterocycles. The number of hydrogen-bond donors (Lipinski definition) is 0. The first-order chi connectivity index (χ1) is 9.67. The minimum absolute atomic E-state index is 0.210. The number of alkyl halides is 6. The number of halogens is 7. The van der Waals surface area contributed by atoms with E-state index in [2.05, 4.69) is 0 Å². The van der Waals surface area contributed by atoms with Crippen molar-refractivity contribution in [3.05, 3.63) is 28.8 Å². The molecule has 0 radical (unpaired) electrons. The van der Waals surface area contributed by atoms with Crippen LogP contribution in [0.2, 0.25) is 24.7 Å². The van der Waals surface area contributed by atoms with Crippen LogP contribution in [-0.2, 0) is 4.43 Å². The van der Waals surface area contributed by atoms with Crippen LogP contribution in [0.5, 0.6) is 0 Å². The highest BCUT2D eigenvalue weighted by molar-refractivity contribution is 8.00. The maximum absolute atomic E-state index is 13.2. The van der Waals surface area contributed by atoms with Gasteiger partial charge in [-0.1, -0.05) is 11.6 Å². The lowest BCUT2D eigenvalue weighted by Crippen LogP contribution is -2.35. The third kappa shape index (κ3) is 6.80. The van der Waals surface area contributed by atoms with E-state index in [0.717, 1.165) is 18.2 Å². The Morgan fingerprint density at radius 3 is 2.00 bits per heavy atom. The van der Waals surface area contributed by atoms with E-state index in [4.69, 9.17) is 16.0 Å². The van der Waals surface area contributed by atoms with Gasteiger partial charge in [0, 0.05) is 9.92 Å². The summed E-state index contributed by atoms with van der Waals surface area (Å²) in [7, 11) is -2.59. The Labute approximate surface area is 134 Å². The Bertz CT molecular complexity index is 526. The number of thioether (sulfide) groups is 1. The standard InChI is InChI=1S/C12H13ClF6OSSi/c1-22(2,3)20-10(11(14,15)16)7-4-8(13)6-9(5-7)21-12(17,18)19/h4-6,10H,1-3H3. The largest absolute Gasteiger partial charge is 0.446 e. The topological polar surface area (TPSA) is 9.23 Å². The summed E-state index contributed by atoms with van der Waals surface area (Å²) in [5, 5.41) is -0.210. The number of rotatable bonds is 4. The second-order valence-corrected chi connectivity index (χ2v) is 11.5. The zero-order valence-corrected chi connectivity index (χ0v) is 14.3. The molecule has 22 heavy (non-hydrogen) atoms. The van der Waals surface area contributed by atoms with E-state index in [9.17, 15) is 26.3 Å². The third-order valence-corrected chi connectivity index (χ3v) is 4.06. The van der Waals surface area contributed by atoms with Crippen molar-refractivity contribution < 1.29 is 30.8 Å². The van der Waals surface area contributed by atoms with Crippen molar-refractivity contribution in [1.82, 2.24) is 0 Å². The summed E-state index contributed by atoms with van der Waals surface area (Å²) in [6.07, 6.45) is -7.05. The summed E-state index contributed by atoms with van der Waals surface area (Å²) in [6.45, 7) is 4.67. The molecule has 1 aromatic carbocycles. The monoisotopic (exact) mass is 382 g/mol. The normalized spacial score (nSPS) is 15.0. The highest BCUT2D eigenvalue weighted by Gasteiger charge is 2.44. The summed E-state index contributed by atoms with van der Waals surface area (Å²) >= 11 is 5.13. The predicted molar refractivity (Wildman–Crippen MR) is 76.6 cm³/mol. The zero-order valence-electron chi connectivity index (χ0n) is 11.8. The SMILES string of the molecule is C[Si](C)(C)OC(c1cc(Cl)cc(SC(F)(F)F)c1)C(F)(F)F. The van der Waals surface area contributed by atoms with Crippen LogP contribution in [0.15, 0.2) is 23.1 Å². The zero-order chi connectivity index (χ0) is 17.3. The van der Waals surface area contributed by atoms with Gasteiger partial charge in [-0.25, -0.2) is 0 Å². The van der Waals surface area contributed by atoms with Crippen molar-refractivity contribution >= 4 is 31.7 Å². The molecule has 0 saturated carbocycles. The fraction of sp³-hybridized carbons (Fsp3) is 0.500. The Hall–Kier alpha value is -0.383. The van der Waals surface area contributed by atoms with Crippen LogP contribution in [-0.4, -0.2) is 20.0 Å². The Kier molecular flexibility index (Phi) is 5.92. The summed E-state index contributed by atoms with van der Waals surface area (Å²) in [4.78, 5) is -0.413. The minimum atomic E-state index is -4.74. The molecule has 1 rings (SSSR count). The Morgan fingerprint density at radius 1 is 1.05 bits per heavy atom. The fourth-order valence-electron chi connectivity index (χ4n) is 1.61. The van der Waals surface area contributed by atoms with E-state index in [1.807, 2.05) is 0 Å². The van der Waals surface area contributed by atoms with Gasteiger partial charge in [0.2, 0.25) is 0 Å². The van der Waals surface area contributed by atoms with Gasteiger partial charge in [-0.15, -0.1) is 0 Å². The summed E-state index contributed by atoms with van der Waals surface area (Å²) < 4.78 is 81.7. The van der Waals surface area contributed by atoms with E-state index in [1.165, 1.54) is 0 Å². The van der Waals surface area contributed by atoms with Crippen LogP contribution in [0.1, 0.15) is 11.7 Å². The van der Waals surface area contributed by atoms with E-state index in [0.29, 0.717) is 0 Å². The first-order valence-corrected chi connectivity index (χ1v) is 10.6. The van der Waals surface area contributed by atoms with Crippen molar-refractivity contribution in [2.75, 3.05) is 0 Å². The van der Waals surface area contributed by atoms with Gasteiger partial charge in [-0.2, -0.15) is 26.3 Å². The molecule has 1 atom stereocenters. The van der Waals surface area contributed by atoms with Crippen LogP contribution < -0.4 is 0 Å². The highest BCUT2D eigenvalue weighted by Crippen LogP contribution is 2.43. The Morgan fingerprint density at radius 2 is 1.59 bits per heavy atom. The van der Waals surface area contributed by atoms with Crippen molar-refractivity contribution in [2.24, 2.45) is 0 Å². The number of hydrogen-bond acceptors (Lipinski definition) is 2. The van der Waals surface area contributed by atoms with Gasteiger partial charge >= 0.3 is 11.7 Å². The van der Waals surface area contributed by atoms with E-state index in [-0.39, 0.29) is 5.02 Å². The highest BCUT2D eigenvalue weighted by atomic mass is 35.5. The average Bonchev–Trinajstić information content (AvgIpc) is 2.19. The molecule has 0 heterocycles. The first-order valence-electron chi connectivity index (χ1n) is 5.98. The van der Waals surface area contributed by atoms with Gasteiger partial charge in [0.25, 0.3) is 0 Å². The fourth-order valence-corrected chi connectivity index (χ4v) is 3.54. The predicted octanol–water partition coefficient (Wildman–Crippen LogP) is 6.41. The van der Waals surface area contributed by atoms with Gasteiger partial charge < -0.3 is 4.43 Å². The molecule has 0 bridgehead atoms. The molecule has 126 valence electrons. The van der Waals surface area contributed by atoms with Crippen LogP contribution in [0.25, 0.3) is 0 Å². The first kappa shape index (κ1) is 19.7. The van der Waals surface area contributed by atoms with Crippen molar-refractivity contribution in [1.29, 1.82) is 0 Å².